The Hall–Kier alpha value is -3.15. The summed E-state index contributed by atoms with van der Waals surface area (Å²) in [4.78, 5) is 52.9. The maximum absolute atomic E-state index is 12.9. The van der Waals surface area contributed by atoms with Gasteiger partial charge in [-0.2, -0.15) is 0 Å². The zero-order chi connectivity index (χ0) is 25.1. The number of β-lactam (4-membered cyclic amide) rings is 1. The van der Waals surface area contributed by atoms with Crippen LogP contribution in [0.1, 0.15) is 5.69 Å². The highest BCUT2D eigenvalue weighted by Crippen LogP contribution is 2.42. The molecule has 4 heterocycles. The molecule has 14 nitrogen and oxygen atoms in total. The number of halogens is 1. The fraction of sp³-hybridized carbons (Fsp3) is 0.294. The second kappa shape index (κ2) is 10.6. The minimum Gasteiger partial charge on any atom is -0.449 e. The summed E-state index contributed by atoms with van der Waals surface area (Å²) in [6.07, 6.45) is -1.11. The summed E-state index contributed by atoms with van der Waals surface area (Å²) in [7, 11) is 1.66. The number of hydrogen-bond donors (Lipinski definition) is 3. The molecule has 2 atom stereocenters. The molecule has 1 fully saturated rings. The zero-order valence-electron chi connectivity index (χ0n) is 17.6. The van der Waals surface area contributed by atoms with E-state index in [1.165, 1.54) is 38.5 Å². The average molecular weight is 559 g/mol. The van der Waals surface area contributed by atoms with E-state index in [1.807, 2.05) is 0 Å². The van der Waals surface area contributed by atoms with E-state index < -0.39 is 29.4 Å². The molecule has 0 saturated carbocycles. The number of rotatable bonds is 9. The number of fused-ring (bicyclic) bond motifs is 1. The molecule has 3 amide bonds. The minimum absolute atomic E-state index is 0.000789. The van der Waals surface area contributed by atoms with E-state index in [0.29, 0.717) is 22.9 Å². The van der Waals surface area contributed by atoms with Gasteiger partial charge in [0.1, 0.15) is 11.4 Å². The van der Waals surface area contributed by atoms with Gasteiger partial charge in [0.05, 0.1) is 11.3 Å². The van der Waals surface area contributed by atoms with E-state index >= 15 is 0 Å². The SMILES string of the molecule is Cn1nnnc1SCC1=C(OC(=O)O)N2C(=O)C(NC(=O)C(=CCl)c3csc(NC=O)n3)[C@@H]2SC1. The molecule has 4 rings (SSSR count). The molecule has 2 aromatic heterocycles. The lowest BCUT2D eigenvalue weighted by molar-refractivity contribution is -0.148. The van der Waals surface area contributed by atoms with Crippen LogP contribution in [0.15, 0.2) is 27.5 Å². The Kier molecular flexibility index (Phi) is 7.58. The van der Waals surface area contributed by atoms with Gasteiger partial charge in [-0.1, -0.05) is 23.4 Å². The predicted octanol–water partition coefficient (Wildman–Crippen LogP) is 0.913. The number of ether oxygens (including phenoxy) is 1. The number of thioether (sulfide) groups is 2. The molecule has 2 aromatic rings. The molecular weight excluding hydrogens is 544 g/mol. The summed E-state index contributed by atoms with van der Waals surface area (Å²) >= 11 is 9.53. The van der Waals surface area contributed by atoms with Gasteiger partial charge in [0.25, 0.3) is 11.8 Å². The summed E-state index contributed by atoms with van der Waals surface area (Å²) < 4.78 is 6.41. The molecular formula is C17H15ClN8O6S3. The van der Waals surface area contributed by atoms with E-state index in [-0.39, 0.29) is 28.0 Å². The summed E-state index contributed by atoms with van der Waals surface area (Å²) in [5.41, 5.74) is 1.82. The van der Waals surface area contributed by atoms with Crippen molar-refractivity contribution in [1.82, 2.24) is 35.4 Å². The minimum atomic E-state index is -1.57. The maximum atomic E-state index is 12.9. The van der Waals surface area contributed by atoms with Crippen molar-refractivity contribution in [2.24, 2.45) is 7.05 Å². The molecule has 0 aliphatic carbocycles. The Morgan fingerprint density at radius 2 is 2.26 bits per heavy atom. The van der Waals surface area contributed by atoms with Gasteiger partial charge >= 0.3 is 6.16 Å². The van der Waals surface area contributed by atoms with Crippen molar-refractivity contribution in [3.63, 3.8) is 0 Å². The first kappa shape index (κ1) is 25.0. The van der Waals surface area contributed by atoms with Crippen molar-refractivity contribution in [3.8, 4) is 0 Å². The van der Waals surface area contributed by atoms with Crippen LogP contribution >= 0.6 is 46.5 Å². The number of aryl methyl sites for hydroxylation is 1. The van der Waals surface area contributed by atoms with Gasteiger partial charge in [0.15, 0.2) is 5.13 Å². The highest BCUT2D eigenvalue weighted by atomic mass is 35.5. The van der Waals surface area contributed by atoms with Crippen molar-refractivity contribution in [2.75, 3.05) is 16.8 Å². The number of thiazole rings is 1. The molecule has 3 N–H and O–H groups in total. The fourth-order valence-electron chi connectivity index (χ4n) is 3.16. The van der Waals surface area contributed by atoms with E-state index in [2.05, 4.69) is 31.1 Å². The molecule has 184 valence electrons. The van der Waals surface area contributed by atoms with Gasteiger partial charge in [0.2, 0.25) is 17.4 Å². The highest BCUT2D eigenvalue weighted by molar-refractivity contribution is 8.01. The molecule has 0 radical (unpaired) electrons. The van der Waals surface area contributed by atoms with Gasteiger partial charge < -0.3 is 20.5 Å². The Bertz CT molecular complexity index is 1250. The topological polar surface area (TPSA) is 182 Å². The number of carbonyl (C=O) groups is 4. The van der Waals surface area contributed by atoms with Crippen LogP contribution in [0.2, 0.25) is 0 Å². The summed E-state index contributed by atoms with van der Waals surface area (Å²) in [5.74, 6) is -0.631. The molecule has 2 aliphatic heterocycles. The van der Waals surface area contributed by atoms with Crippen LogP contribution in [-0.2, 0) is 26.2 Å². The van der Waals surface area contributed by atoms with Crippen molar-refractivity contribution in [1.29, 1.82) is 0 Å². The molecule has 18 heteroatoms. The van der Waals surface area contributed by atoms with Crippen LogP contribution in [-0.4, -0.2) is 82.5 Å². The second-order valence-corrected chi connectivity index (χ2v) is 9.96. The number of nitrogens with zero attached hydrogens (tertiary/aromatic N) is 6. The molecule has 1 unspecified atom stereocenters. The summed E-state index contributed by atoms with van der Waals surface area (Å²) in [6.45, 7) is 0. The third-order valence-electron chi connectivity index (χ3n) is 4.74. The maximum Gasteiger partial charge on any atom is 0.512 e. The van der Waals surface area contributed by atoms with E-state index in [0.717, 1.165) is 16.9 Å². The van der Waals surface area contributed by atoms with Crippen molar-refractivity contribution >= 4 is 81.5 Å². The predicted molar refractivity (Wildman–Crippen MR) is 126 cm³/mol. The largest absolute Gasteiger partial charge is 0.512 e. The smallest absolute Gasteiger partial charge is 0.449 e. The molecule has 0 aromatic carbocycles. The van der Waals surface area contributed by atoms with Gasteiger partial charge in [0, 0.05) is 35.0 Å². The molecule has 35 heavy (non-hydrogen) atoms. The lowest BCUT2D eigenvalue weighted by Crippen LogP contribution is -2.70. The fourth-order valence-corrected chi connectivity index (χ4v) is 6.34. The van der Waals surface area contributed by atoms with Crippen molar-refractivity contribution < 1.29 is 29.0 Å². The number of amides is 3. The number of nitrogens with one attached hydrogen (secondary N) is 2. The van der Waals surface area contributed by atoms with Crippen LogP contribution < -0.4 is 10.6 Å². The number of anilines is 1. The van der Waals surface area contributed by atoms with Crippen LogP contribution in [0.3, 0.4) is 0 Å². The molecule has 0 bridgehead atoms. The van der Waals surface area contributed by atoms with Crippen LogP contribution in [0.4, 0.5) is 9.93 Å². The molecule has 2 aliphatic rings. The van der Waals surface area contributed by atoms with Gasteiger partial charge in [-0.15, -0.1) is 28.2 Å². The average Bonchev–Trinajstić information content (AvgIpc) is 3.45. The van der Waals surface area contributed by atoms with E-state index in [9.17, 15) is 24.3 Å². The Morgan fingerprint density at radius 1 is 1.46 bits per heavy atom. The first-order chi connectivity index (χ1) is 16.8. The molecule has 0 spiro atoms. The zero-order valence-corrected chi connectivity index (χ0v) is 20.8. The monoisotopic (exact) mass is 558 g/mol. The number of carboxylic acid groups (broad SMARTS) is 1. The third kappa shape index (κ3) is 5.12. The number of aromatic nitrogens is 5. The Balaban J connectivity index is 1.48. The lowest BCUT2D eigenvalue weighted by Gasteiger charge is -2.49. The Labute approximate surface area is 214 Å². The first-order valence-corrected chi connectivity index (χ1v) is 12.9. The van der Waals surface area contributed by atoms with Crippen molar-refractivity contribution in [2.45, 2.75) is 16.6 Å². The van der Waals surface area contributed by atoms with Gasteiger partial charge in [-0.25, -0.2) is 14.5 Å². The molecule has 1 saturated heterocycles. The first-order valence-electron chi connectivity index (χ1n) is 9.54. The summed E-state index contributed by atoms with van der Waals surface area (Å²) in [6, 6.07) is -0.935. The van der Waals surface area contributed by atoms with Gasteiger partial charge in [-0.05, 0) is 10.4 Å². The highest BCUT2D eigenvalue weighted by Gasteiger charge is 2.54. The lowest BCUT2D eigenvalue weighted by atomic mass is 10.1. The third-order valence-corrected chi connectivity index (χ3v) is 8.16. The Morgan fingerprint density at radius 3 is 2.91 bits per heavy atom. The van der Waals surface area contributed by atoms with Crippen LogP contribution in [0, 0.1) is 0 Å². The van der Waals surface area contributed by atoms with Crippen LogP contribution in [0.5, 0.6) is 0 Å². The number of carbonyl (C=O) groups excluding carboxylic acids is 3. The second-order valence-electron chi connectivity index (χ2n) is 6.83. The van der Waals surface area contributed by atoms with E-state index in [1.54, 1.807) is 7.05 Å². The standard InChI is InChI=1S/C17H15ClN8O6S3/c1-25-16(22-23-24-25)35-4-7-3-33-14-10(12(29)26(14)13(7)32-17(30)31)21-11(28)8(2-18)9-5-34-15(20-9)19-6-27/h2,5-6,10,14H,3-4H2,1H3,(H,21,28)(H,30,31)(H,19,20,27)/t10?,14-/m0/s1. The number of hydrogen-bond acceptors (Lipinski definition) is 12. The summed E-state index contributed by atoms with van der Waals surface area (Å²) in [5, 5.41) is 27.1. The van der Waals surface area contributed by atoms with Crippen molar-refractivity contribution in [3.05, 3.63) is 28.1 Å². The quantitative estimate of drug-likeness (QED) is 0.130. The number of tetrazole rings is 1. The normalized spacial score (nSPS) is 19.7. The van der Waals surface area contributed by atoms with Gasteiger partial charge in [-0.3, -0.25) is 19.3 Å². The van der Waals surface area contributed by atoms with E-state index in [4.69, 9.17) is 16.3 Å². The van der Waals surface area contributed by atoms with Crippen LogP contribution in [0.25, 0.3) is 5.57 Å².